The summed E-state index contributed by atoms with van der Waals surface area (Å²) in [5.41, 5.74) is 4.50. The number of aliphatic hydroxyl groups excluding tert-OH is 1. The van der Waals surface area contributed by atoms with Crippen molar-refractivity contribution in [3.05, 3.63) is 90.0 Å². The smallest absolute Gasteiger partial charge is 0.118 e. The van der Waals surface area contributed by atoms with Gasteiger partial charge in [0.25, 0.3) is 0 Å². The summed E-state index contributed by atoms with van der Waals surface area (Å²) in [5, 5.41) is 13.9. The van der Waals surface area contributed by atoms with Crippen LogP contribution in [-0.4, -0.2) is 18.3 Å². The molecule has 26 heavy (non-hydrogen) atoms. The second-order valence-electron chi connectivity index (χ2n) is 6.45. The molecule has 3 nitrogen and oxygen atoms in total. The molecule has 0 radical (unpaired) electrons. The van der Waals surface area contributed by atoms with E-state index >= 15 is 0 Å². The Morgan fingerprint density at radius 3 is 2.08 bits per heavy atom. The standard InChI is InChI=1S/C23H25NO2/c1-17(23(25)21-12-14-22(26-2)15-13-21)24-16-18-8-10-20(11-9-18)19-6-4-3-5-7-19/h3-15,17,23-25H,16H2,1-2H3/t17-,23-/m1/s1. The first-order chi connectivity index (χ1) is 12.7. The summed E-state index contributed by atoms with van der Waals surface area (Å²) in [6.07, 6.45) is -0.565. The molecule has 0 saturated heterocycles. The van der Waals surface area contributed by atoms with Crippen molar-refractivity contribution in [2.24, 2.45) is 0 Å². The molecule has 0 saturated carbocycles. The van der Waals surface area contributed by atoms with E-state index < -0.39 is 6.10 Å². The molecule has 134 valence electrons. The van der Waals surface area contributed by atoms with Crippen molar-refractivity contribution in [3.63, 3.8) is 0 Å². The van der Waals surface area contributed by atoms with E-state index in [4.69, 9.17) is 4.74 Å². The van der Waals surface area contributed by atoms with Gasteiger partial charge in [0.2, 0.25) is 0 Å². The Hall–Kier alpha value is -2.62. The summed E-state index contributed by atoms with van der Waals surface area (Å²) >= 11 is 0. The van der Waals surface area contributed by atoms with Gasteiger partial charge in [-0.3, -0.25) is 0 Å². The lowest BCUT2D eigenvalue weighted by molar-refractivity contribution is 0.135. The lowest BCUT2D eigenvalue weighted by Crippen LogP contribution is -2.31. The minimum absolute atomic E-state index is 0.0582. The van der Waals surface area contributed by atoms with E-state index in [1.165, 1.54) is 16.7 Å². The van der Waals surface area contributed by atoms with Crippen LogP contribution in [0.25, 0.3) is 11.1 Å². The molecule has 3 heteroatoms. The third kappa shape index (κ3) is 4.51. The van der Waals surface area contributed by atoms with Crippen molar-refractivity contribution in [1.29, 1.82) is 0 Å². The fourth-order valence-electron chi connectivity index (χ4n) is 2.93. The summed E-state index contributed by atoms with van der Waals surface area (Å²) in [7, 11) is 1.64. The third-order valence-electron chi connectivity index (χ3n) is 4.62. The van der Waals surface area contributed by atoms with Crippen LogP contribution in [0.15, 0.2) is 78.9 Å². The summed E-state index contributed by atoms with van der Waals surface area (Å²) in [6, 6.07) is 26.3. The largest absolute Gasteiger partial charge is 0.497 e. The Labute approximate surface area is 155 Å². The molecule has 0 aromatic heterocycles. The van der Waals surface area contributed by atoms with Crippen molar-refractivity contribution in [3.8, 4) is 16.9 Å². The molecule has 3 aromatic rings. The van der Waals surface area contributed by atoms with Crippen molar-refractivity contribution in [2.45, 2.75) is 25.6 Å². The maximum absolute atomic E-state index is 10.5. The Bertz CT molecular complexity index is 798. The maximum atomic E-state index is 10.5. The molecule has 0 spiro atoms. The highest BCUT2D eigenvalue weighted by atomic mass is 16.5. The number of aliphatic hydroxyl groups is 1. The molecule has 0 heterocycles. The van der Waals surface area contributed by atoms with Gasteiger partial charge in [0, 0.05) is 12.6 Å². The van der Waals surface area contributed by atoms with Gasteiger partial charge in [0.05, 0.1) is 13.2 Å². The van der Waals surface area contributed by atoms with Gasteiger partial charge >= 0.3 is 0 Å². The second kappa shape index (κ2) is 8.65. The second-order valence-corrected chi connectivity index (χ2v) is 6.45. The van der Waals surface area contributed by atoms with Crippen LogP contribution in [0.3, 0.4) is 0 Å². The van der Waals surface area contributed by atoms with E-state index in [1.54, 1.807) is 7.11 Å². The third-order valence-corrected chi connectivity index (χ3v) is 4.62. The lowest BCUT2D eigenvalue weighted by Gasteiger charge is -2.21. The minimum atomic E-state index is -0.565. The highest BCUT2D eigenvalue weighted by molar-refractivity contribution is 5.63. The number of methoxy groups -OCH3 is 1. The highest BCUT2D eigenvalue weighted by Gasteiger charge is 2.15. The predicted molar refractivity (Wildman–Crippen MR) is 106 cm³/mol. The van der Waals surface area contributed by atoms with Crippen molar-refractivity contribution in [2.75, 3.05) is 7.11 Å². The van der Waals surface area contributed by atoms with Gasteiger partial charge in [-0.2, -0.15) is 0 Å². The van der Waals surface area contributed by atoms with Crippen molar-refractivity contribution in [1.82, 2.24) is 5.32 Å². The Kier molecular flexibility index (Phi) is 6.05. The van der Waals surface area contributed by atoms with Crippen LogP contribution in [-0.2, 0) is 6.54 Å². The Morgan fingerprint density at radius 1 is 0.846 bits per heavy atom. The van der Waals surface area contributed by atoms with Gasteiger partial charge in [-0.05, 0) is 41.3 Å². The number of ether oxygens (including phenoxy) is 1. The summed E-state index contributed by atoms with van der Waals surface area (Å²) in [5.74, 6) is 0.792. The average Bonchev–Trinajstić information content (AvgIpc) is 2.72. The van der Waals surface area contributed by atoms with Gasteiger partial charge in [0.15, 0.2) is 0 Å². The van der Waals surface area contributed by atoms with Gasteiger partial charge < -0.3 is 15.2 Å². The van der Waals surface area contributed by atoms with Crippen molar-refractivity contribution >= 4 is 0 Å². The Morgan fingerprint density at radius 2 is 1.46 bits per heavy atom. The monoisotopic (exact) mass is 347 g/mol. The molecule has 0 bridgehead atoms. The predicted octanol–water partition coefficient (Wildman–Crippen LogP) is 4.57. The number of rotatable bonds is 7. The van der Waals surface area contributed by atoms with E-state index in [-0.39, 0.29) is 6.04 Å². The normalized spacial score (nSPS) is 13.2. The van der Waals surface area contributed by atoms with E-state index in [0.717, 1.165) is 11.3 Å². The zero-order valence-corrected chi connectivity index (χ0v) is 15.2. The van der Waals surface area contributed by atoms with Gasteiger partial charge in [-0.1, -0.05) is 66.7 Å². The fraction of sp³-hybridized carbons (Fsp3) is 0.217. The van der Waals surface area contributed by atoms with Crippen LogP contribution in [0.1, 0.15) is 24.2 Å². The van der Waals surface area contributed by atoms with Crippen LogP contribution in [0, 0.1) is 0 Å². The molecule has 0 aliphatic heterocycles. The number of nitrogens with one attached hydrogen (secondary N) is 1. The molecule has 2 N–H and O–H groups in total. The molecule has 3 rings (SSSR count). The van der Waals surface area contributed by atoms with Crippen LogP contribution >= 0.6 is 0 Å². The molecular formula is C23H25NO2. The first-order valence-electron chi connectivity index (χ1n) is 8.87. The zero-order valence-electron chi connectivity index (χ0n) is 15.2. The minimum Gasteiger partial charge on any atom is -0.497 e. The first kappa shape index (κ1) is 18.2. The number of hydrogen-bond acceptors (Lipinski definition) is 3. The van der Waals surface area contributed by atoms with E-state index in [9.17, 15) is 5.11 Å². The summed E-state index contributed by atoms with van der Waals surface area (Å²) in [6.45, 7) is 2.71. The molecule has 0 aliphatic rings. The molecule has 0 amide bonds. The lowest BCUT2D eigenvalue weighted by atomic mass is 10.0. The quantitative estimate of drug-likeness (QED) is 0.658. The summed E-state index contributed by atoms with van der Waals surface area (Å²) in [4.78, 5) is 0. The molecular weight excluding hydrogens is 322 g/mol. The highest BCUT2D eigenvalue weighted by Crippen LogP contribution is 2.21. The first-order valence-corrected chi connectivity index (χ1v) is 8.87. The van der Waals surface area contributed by atoms with Crippen LogP contribution in [0.4, 0.5) is 0 Å². The molecule has 0 fully saturated rings. The topological polar surface area (TPSA) is 41.5 Å². The van der Waals surface area contributed by atoms with Crippen LogP contribution in [0.2, 0.25) is 0 Å². The van der Waals surface area contributed by atoms with Crippen LogP contribution in [0.5, 0.6) is 5.75 Å². The molecule has 3 aromatic carbocycles. The number of benzene rings is 3. The Balaban J connectivity index is 1.57. The molecule has 2 atom stereocenters. The van der Waals surface area contributed by atoms with Crippen molar-refractivity contribution < 1.29 is 9.84 Å². The van der Waals surface area contributed by atoms with Crippen LogP contribution < -0.4 is 10.1 Å². The van der Waals surface area contributed by atoms with Gasteiger partial charge in [-0.15, -0.1) is 0 Å². The van der Waals surface area contributed by atoms with Gasteiger partial charge in [0.1, 0.15) is 5.75 Å². The molecule has 0 unspecified atom stereocenters. The zero-order chi connectivity index (χ0) is 18.4. The molecule has 0 aliphatic carbocycles. The van der Waals surface area contributed by atoms with E-state index in [1.807, 2.05) is 49.4 Å². The van der Waals surface area contributed by atoms with E-state index in [2.05, 4.69) is 41.7 Å². The number of hydrogen-bond donors (Lipinski definition) is 2. The summed E-state index contributed by atoms with van der Waals surface area (Å²) < 4.78 is 5.16. The maximum Gasteiger partial charge on any atom is 0.118 e. The van der Waals surface area contributed by atoms with E-state index in [0.29, 0.717) is 6.54 Å². The van der Waals surface area contributed by atoms with Gasteiger partial charge in [-0.25, -0.2) is 0 Å². The fourth-order valence-corrected chi connectivity index (χ4v) is 2.93. The SMILES string of the molecule is COc1ccc([C@H](O)[C@@H](C)NCc2ccc(-c3ccccc3)cc2)cc1. The average molecular weight is 347 g/mol.